The molecule has 0 radical (unpaired) electrons. The Bertz CT molecular complexity index is 618. The molecule has 0 saturated heterocycles. The lowest BCUT2D eigenvalue weighted by Gasteiger charge is -1.84. The summed E-state index contributed by atoms with van der Waals surface area (Å²) in [6.45, 7) is 5.54. The van der Waals surface area contributed by atoms with E-state index in [0.29, 0.717) is 5.33 Å². The van der Waals surface area contributed by atoms with Crippen molar-refractivity contribution in [2.24, 2.45) is 11.5 Å². The van der Waals surface area contributed by atoms with Crippen LogP contribution in [-0.2, 0) is 4.79 Å². The number of rotatable bonds is 2. The van der Waals surface area contributed by atoms with E-state index in [9.17, 15) is 4.79 Å². The molecule has 0 aliphatic carbocycles. The smallest absolute Gasteiger partial charge is 0.152 e. The summed E-state index contributed by atoms with van der Waals surface area (Å²) in [6, 6.07) is 0. The summed E-state index contributed by atoms with van der Waals surface area (Å²) < 4.78 is 0. The Kier molecular flexibility index (Phi) is 11.3. The van der Waals surface area contributed by atoms with Gasteiger partial charge in [0.05, 0.1) is 5.33 Å². The van der Waals surface area contributed by atoms with E-state index in [0.717, 1.165) is 21.4 Å². The van der Waals surface area contributed by atoms with Gasteiger partial charge in [-0.05, 0) is 20.8 Å². The molecule has 5 nitrogen and oxygen atoms in total. The van der Waals surface area contributed by atoms with Crippen molar-refractivity contribution < 1.29 is 4.79 Å². The third kappa shape index (κ3) is 10.6. The maximum atomic E-state index is 9.77. The molecule has 0 atom stereocenters. The third-order valence-corrected chi connectivity index (χ3v) is 5.27. The average molecular weight is 453 g/mol. The Labute approximate surface area is 162 Å². The first-order valence-electron chi connectivity index (χ1n) is 6.16. The van der Waals surface area contributed by atoms with E-state index in [2.05, 4.69) is 50.3 Å². The van der Waals surface area contributed by atoms with Gasteiger partial charge in [0.15, 0.2) is 10.0 Å². The molecule has 0 fully saturated rings. The highest BCUT2D eigenvalue weighted by atomic mass is 79.9. The standard InChI is InChI=1S/C8H8N2S2.C3H5BrO.C2H4N2S2/c1-5-3-11-7(9-5)8-10-6(2)4-12-8;1-3(5)2-4;3-1(5)2(4)6/h3-4H,1-2H3;2H2,1H3;(H2,3,5)(H2,4,6). The number of nitrogens with two attached hydrogens (primary N) is 2. The monoisotopic (exact) mass is 452 g/mol. The number of ketones is 1. The van der Waals surface area contributed by atoms with Gasteiger partial charge in [-0.25, -0.2) is 9.97 Å². The van der Waals surface area contributed by atoms with Crippen molar-refractivity contribution in [3.8, 4) is 10.0 Å². The summed E-state index contributed by atoms with van der Waals surface area (Å²) in [5.74, 6) is 0.171. The van der Waals surface area contributed by atoms with Gasteiger partial charge in [-0.2, -0.15) is 0 Å². The van der Waals surface area contributed by atoms with Gasteiger partial charge < -0.3 is 11.5 Å². The predicted molar refractivity (Wildman–Crippen MR) is 111 cm³/mol. The summed E-state index contributed by atoms with van der Waals surface area (Å²) in [5, 5.41) is 6.64. The lowest BCUT2D eigenvalue weighted by Crippen LogP contribution is -2.26. The molecule has 2 aromatic rings. The summed E-state index contributed by atoms with van der Waals surface area (Å²) >= 11 is 14.9. The SMILES string of the molecule is CC(=O)CBr.Cc1csc(-c2nc(C)cs2)n1.NC(=S)C(N)=S. The van der Waals surface area contributed by atoms with Gasteiger partial charge in [-0.1, -0.05) is 40.4 Å². The number of nitrogens with zero attached hydrogens (tertiary/aromatic N) is 2. The van der Waals surface area contributed by atoms with E-state index in [1.807, 2.05) is 24.6 Å². The molecule has 0 bridgehead atoms. The van der Waals surface area contributed by atoms with Gasteiger partial charge in [-0.15, -0.1) is 22.7 Å². The zero-order chi connectivity index (χ0) is 18.0. The molecular formula is C13H17BrN4OS4. The van der Waals surface area contributed by atoms with Crippen LogP contribution in [0.25, 0.3) is 10.0 Å². The second kappa shape index (κ2) is 11.7. The summed E-state index contributed by atoms with van der Waals surface area (Å²) in [4.78, 5) is 18.7. The van der Waals surface area contributed by atoms with Crippen LogP contribution in [-0.4, -0.2) is 31.1 Å². The molecule has 4 N–H and O–H groups in total. The molecule has 2 aromatic heterocycles. The number of thiazole rings is 2. The highest BCUT2D eigenvalue weighted by molar-refractivity contribution is 9.09. The molecule has 2 heterocycles. The molecule has 0 aliphatic heterocycles. The number of halogens is 1. The van der Waals surface area contributed by atoms with Crippen LogP contribution in [0.3, 0.4) is 0 Å². The largest absolute Gasteiger partial charge is 0.388 e. The Morgan fingerprint density at radius 2 is 1.39 bits per heavy atom. The second-order valence-electron chi connectivity index (χ2n) is 4.15. The van der Waals surface area contributed by atoms with Crippen molar-refractivity contribution in [2.75, 3.05) is 5.33 Å². The topological polar surface area (TPSA) is 94.9 Å². The number of thiocarbonyl (C=S) groups is 2. The van der Waals surface area contributed by atoms with Gasteiger partial charge in [0.2, 0.25) is 0 Å². The fraction of sp³-hybridized carbons (Fsp3) is 0.308. The molecule has 0 unspecified atom stereocenters. The lowest BCUT2D eigenvalue weighted by atomic mass is 10.5. The predicted octanol–water partition coefficient (Wildman–Crippen LogP) is 3.41. The average Bonchev–Trinajstić information content (AvgIpc) is 3.08. The second-order valence-corrected chi connectivity index (χ2v) is 7.31. The van der Waals surface area contributed by atoms with Crippen molar-refractivity contribution in [2.45, 2.75) is 20.8 Å². The summed E-state index contributed by atoms with van der Waals surface area (Å²) in [5.41, 5.74) is 11.9. The van der Waals surface area contributed by atoms with E-state index in [1.165, 1.54) is 6.92 Å². The van der Waals surface area contributed by atoms with E-state index >= 15 is 0 Å². The van der Waals surface area contributed by atoms with Crippen LogP contribution < -0.4 is 11.5 Å². The molecule has 2 rings (SSSR count). The normalized spacial score (nSPS) is 9.04. The first-order chi connectivity index (χ1) is 10.7. The van der Waals surface area contributed by atoms with E-state index in [-0.39, 0.29) is 15.8 Å². The molecule has 0 saturated carbocycles. The number of carbonyl (C=O) groups excluding carboxylic acids is 1. The van der Waals surface area contributed by atoms with Crippen molar-refractivity contribution in [1.29, 1.82) is 0 Å². The van der Waals surface area contributed by atoms with Crippen LogP contribution in [0.15, 0.2) is 10.8 Å². The highest BCUT2D eigenvalue weighted by Crippen LogP contribution is 2.26. The molecule has 0 aliphatic rings. The molecule has 10 heteroatoms. The first-order valence-corrected chi connectivity index (χ1v) is 9.86. The maximum absolute atomic E-state index is 9.77. The number of Topliss-reactive ketones (excluding diaryl/α,β-unsaturated/α-hetero) is 1. The van der Waals surface area contributed by atoms with Crippen LogP contribution in [0.5, 0.6) is 0 Å². The van der Waals surface area contributed by atoms with Crippen molar-refractivity contribution >= 4 is 78.8 Å². The van der Waals surface area contributed by atoms with Gasteiger partial charge in [0, 0.05) is 22.1 Å². The van der Waals surface area contributed by atoms with Crippen molar-refractivity contribution in [1.82, 2.24) is 9.97 Å². The number of hydrogen-bond donors (Lipinski definition) is 2. The fourth-order valence-electron chi connectivity index (χ4n) is 0.904. The minimum atomic E-state index is 0.102. The number of carbonyl (C=O) groups is 1. The highest BCUT2D eigenvalue weighted by Gasteiger charge is 2.05. The molecular weight excluding hydrogens is 436 g/mol. The van der Waals surface area contributed by atoms with Gasteiger partial charge in [-0.3, -0.25) is 4.79 Å². The number of alkyl halides is 1. The van der Waals surface area contributed by atoms with Gasteiger partial charge in [0.25, 0.3) is 0 Å². The maximum Gasteiger partial charge on any atom is 0.152 e. The number of aromatic nitrogens is 2. The summed E-state index contributed by atoms with van der Waals surface area (Å²) in [6.07, 6.45) is 0. The van der Waals surface area contributed by atoms with Gasteiger partial charge >= 0.3 is 0 Å². The zero-order valence-electron chi connectivity index (χ0n) is 12.8. The Hall–Kier alpha value is -0.810. The molecule has 23 heavy (non-hydrogen) atoms. The van der Waals surface area contributed by atoms with Crippen LogP contribution in [0.1, 0.15) is 18.3 Å². The van der Waals surface area contributed by atoms with Crippen LogP contribution in [0.2, 0.25) is 0 Å². The van der Waals surface area contributed by atoms with Crippen molar-refractivity contribution in [3.05, 3.63) is 22.1 Å². The van der Waals surface area contributed by atoms with E-state index in [4.69, 9.17) is 11.5 Å². The lowest BCUT2D eigenvalue weighted by molar-refractivity contribution is -0.114. The van der Waals surface area contributed by atoms with Crippen LogP contribution in [0, 0.1) is 13.8 Å². The Morgan fingerprint density at radius 3 is 1.52 bits per heavy atom. The first kappa shape index (κ1) is 22.2. The van der Waals surface area contributed by atoms with E-state index < -0.39 is 0 Å². The minimum absolute atomic E-state index is 0.102. The number of aryl methyl sites for hydroxylation is 2. The van der Waals surface area contributed by atoms with Crippen molar-refractivity contribution in [3.63, 3.8) is 0 Å². The van der Waals surface area contributed by atoms with Crippen LogP contribution in [0.4, 0.5) is 0 Å². The van der Waals surface area contributed by atoms with Crippen LogP contribution >= 0.6 is 63.0 Å². The quantitative estimate of drug-likeness (QED) is 0.532. The summed E-state index contributed by atoms with van der Waals surface area (Å²) in [7, 11) is 0. The number of hydrogen-bond acceptors (Lipinski definition) is 7. The Balaban J connectivity index is 0.000000374. The molecule has 0 aromatic carbocycles. The minimum Gasteiger partial charge on any atom is -0.388 e. The fourth-order valence-corrected chi connectivity index (χ4v) is 2.55. The molecule has 126 valence electrons. The third-order valence-electron chi connectivity index (χ3n) is 1.85. The molecule has 0 spiro atoms. The van der Waals surface area contributed by atoms with Gasteiger partial charge in [0.1, 0.15) is 15.8 Å². The Morgan fingerprint density at radius 1 is 1.09 bits per heavy atom. The zero-order valence-corrected chi connectivity index (χ0v) is 17.7. The van der Waals surface area contributed by atoms with E-state index in [1.54, 1.807) is 22.7 Å². The molecule has 0 amide bonds.